The molecule has 0 amide bonds. The van der Waals surface area contributed by atoms with Gasteiger partial charge in [-0.2, -0.15) is 0 Å². The van der Waals surface area contributed by atoms with Gasteiger partial charge >= 0.3 is 0 Å². The van der Waals surface area contributed by atoms with E-state index in [-0.39, 0.29) is 5.54 Å². The highest BCUT2D eigenvalue weighted by Crippen LogP contribution is 2.26. The number of rotatable bonds is 4. The molecule has 0 saturated carbocycles. The Balaban J connectivity index is 2.17. The predicted molar refractivity (Wildman–Crippen MR) is 88.9 cm³/mol. The third kappa shape index (κ3) is 3.26. The van der Waals surface area contributed by atoms with Crippen LogP contribution in [0.25, 0.3) is 0 Å². The minimum atomic E-state index is 0.275. The predicted octanol–water partition coefficient (Wildman–Crippen LogP) is 3.11. The van der Waals surface area contributed by atoms with E-state index < -0.39 is 0 Å². The van der Waals surface area contributed by atoms with Crippen LogP contribution in [-0.2, 0) is 0 Å². The van der Waals surface area contributed by atoms with E-state index in [0.29, 0.717) is 0 Å². The number of hydrogen-bond donors (Lipinski definition) is 1. The van der Waals surface area contributed by atoms with Crippen LogP contribution in [0.1, 0.15) is 33.1 Å². The van der Waals surface area contributed by atoms with Crippen LogP contribution in [0.4, 0.5) is 11.4 Å². The normalized spacial score (nSPS) is 18.7. The van der Waals surface area contributed by atoms with Crippen LogP contribution < -0.4 is 15.1 Å². The summed E-state index contributed by atoms with van der Waals surface area (Å²) in [6, 6.07) is 8.95. The molecule has 2 rings (SSSR count). The Labute approximate surface area is 124 Å². The van der Waals surface area contributed by atoms with Crippen LogP contribution in [0.2, 0.25) is 0 Å². The molecule has 1 aromatic carbocycles. The van der Waals surface area contributed by atoms with Crippen molar-refractivity contribution in [1.82, 2.24) is 5.32 Å². The largest absolute Gasteiger partial charge is 0.378 e. The molecule has 0 spiro atoms. The van der Waals surface area contributed by atoms with Gasteiger partial charge in [0, 0.05) is 44.1 Å². The van der Waals surface area contributed by atoms with E-state index in [1.54, 1.807) is 0 Å². The Hall–Kier alpha value is -1.22. The molecule has 3 nitrogen and oxygen atoms in total. The highest BCUT2D eigenvalue weighted by Gasteiger charge is 2.30. The van der Waals surface area contributed by atoms with Gasteiger partial charge in [0.25, 0.3) is 0 Å². The topological polar surface area (TPSA) is 18.5 Å². The molecule has 0 atom stereocenters. The Kier molecular flexibility index (Phi) is 4.92. The van der Waals surface area contributed by atoms with Crippen LogP contribution in [0.3, 0.4) is 0 Å². The van der Waals surface area contributed by atoms with E-state index in [4.69, 9.17) is 0 Å². The third-order valence-corrected chi connectivity index (χ3v) is 4.68. The molecular weight excluding hydrogens is 246 g/mol. The molecule has 0 aromatic heterocycles. The third-order valence-electron chi connectivity index (χ3n) is 4.68. The summed E-state index contributed by atoms with van der Waals surface area (Å²) in [7, 11) is 4.17. The first-order chi connectivity index (χ1) is 9.60. The fourth-order valence-electron chi connectivity index (χ4n) is 3.03. The van der Waals surface area contributed by atoms with E-state index in [2.05, 4.69) is 67.3 Å². The van der Waals surface area contributed by atoms with Gasteiger partial charge in [-0.3, -0.25) is 0 Å². The molecule has 1 aliphatic rings. The summed E-state index contributed by atoms with van der Waals surface area (Å²) >= 11 is 0. The fraction of sp³-hybridized carbons (Fsp3) is 0.647. The minimum absolute atomic E-state index is 0.275. The van der Waals surface area contributed by atoms with Crippen molar-refractivity contribution in [2.75, 3.05) is 43.5 Å². The first-order valence-corrected chi connectivity index (χ1v) is 7.87. The van der Waals surface area contributed by atoms with E-state index in [1.165, 1.54) is 30.6 Å². The maximum atomic E-state index is 3.77. The van der Waals surface area contributed by atoms with E-state index in [0.717, 1.165) is 19.6 Å². The zero-order valence-electron chi connectivity index (χ0n) is 13.4. The van der Waals surface area contributed by atoms with E-state index >= 15 is 0 Å². The zero-order valence-corrected chi connectivity index (χ0v) is 13.4. The zero-order chi connectivity index (χ0) is 14.6. The first kappa shape index (κ1) is 15.2. The van der Waals surface area contributed by atoms with Gasteiger partial charge in [0.15, 0.2) is 0 Å². The number of nitrogens with one attached hydrogen (secondary N) is 1. The lowest BCUT2D eigenvalue weighted by atomic mass is 9.92. The molecular formula is C17H29N3. The molecule has 1 fully saturated rings. The van der Waals surface area contributed by atoms with E-state index in [1.807, 2.05) is 0 Å². The van der Waals surface area contributed by atoms with Crippen molar-refractivity contribution in [1.29, 1.82) is 0 Å². The second-order valence-corrected chi connectivity index (χ2v) is 6.10. The van der Waals surface area contributed by atoms with Gasteiger partial charge in [-0.05, 0) is 50.1 Å². The summed E-state index contributed by atoms with van der Waals surface area (Å²) < 4.78 is 0. The Bertz CT molecular complexity index is 407. The fourth-order valence-corrected chi connectivity index (χ4v) is 3.03. The van der Waals surface area contributed by atoms with Gasteiger partial charge < -0.3 is 15.1 Å². The molecule has 0 unspecified atom stereocenters. The van der Waals surface area contributed by atoms with Crippen LogP contribution in [0.15, 0.2) is 24.3 Å². The van der Waals surface area contributed by atoms with Gasteiger partial charge in [-0.15, -0.1) is 0 Å². The van der Waals surface area contributed by atoms with Crippen molar-refractivity contribution < 1.29 is 0 Å². The van der Waals surface area contributed by atoms with Gasteiger partial charge in [-0.25, -0.2) is 0 Å². The lowest BCUT2D eigenvalue weighted by molar-refractivity contribution is 0.321. The monoisotopic (exact) mass is 275 g/mol. The maximum Gasteiger partial charge on any atom is 0.0368 e. The van der Waals surface area contributed by atoms with Crippen LogP contribution in [-0.4, -0.2) is 39.3 Å². The molecule has 0 radical (unpaired) electrons. The summed E-state index contributed by atoms with van der Waals surface area (Å²) in [6.45, 7) is 8.00. The summed E-state index contributed by atoms with van der Waals surface area (Å²) in [4.78, 5) is 4.70. The summed E-state index contributed by atoms with van der Waals surface area (Å²) in [5.74, 6) is 0. The molecule has 3 heteroatoms. The van der Waals surface area contributed by atoms with Crippen LogP contribution >= 0.6 is 0 Å². The number of nitrogens with zero attached hydrogens (tertiary/aromatic N) is 2. The summed E-state index contributed by atoms with van der Waals surface area (Å²) in [5.41, 5.74) is 2.89. The Morgan fingerprint density at radius 3 is 2.35 bits per heavy atom. The van der Waals surface area contributed by atoms with Gasteiger partial charge in [0.1, 0.15) is 0 Å². The van der Waals surface area contributed by atoms with Crippen molar-refractivity contribution in [3.63, 3.8) is 0 Å². The van der Waals surface area contributed by atoms with Gasteiger partial charge in [-0.1, -0.05) is 13.8 Å². The van der Waals surface area contributed by atoms with Crippen molar-refractivity contribution in [3.05, 3.63) is 24.3 Å². The number of hydrogen-bond acceptors (Lipinski definition) is 3. The number of anilines is 2. The average molecular weight is 275 g/mol. The average Bonchev–Trinajstić information content (AvgIpc) is 2.70. The number of benzene rings is 1. The standard InChI is InChI=1S/C17H29N3/c1-5-17(6-2)14-20(13-7-12-18-17)16-10-8-15(9-11-16)19(3)4/h8-11,18H,5-7,12-14H2,1-4H3. The SMILES string of the molecule is CCC1(CC)CN(c2ccc(N(C)C)cc2)CCCN1. The van der Waals surface area contributed by atoms with Crippen LogP contribution in [0, 0.1) is 0 Å². The van der Waals surface area contributed by atoms with Crippen LogP contribution in [0.5, 0.6) is 0 Å². The molecule has 0 bridgehead atoms. The second kappa shape index (κ2) is 6.49. The van der Waals surface area contributed by atoms with Crippen molar-refractivity contribution in [2.24, 2.45) is 0 Å². The van der Waals surface area contributed by atoms with Gasteiger partial charge in [0.2, 0.25) is 0 Å². The van der Waals surface area contributed by atoms with Crippen molar-refractivity contribution in [3.8, 4) is 0 Å². The molecule has 1 aromatic rings. The molecule has 20 heavy (non-hydrogen) atoms. The minimum Gasteiger partial charge on any atom is -0.378 e. The molecule has 112 valence electrons. The van der Waals surface area contributed by atoms with E-state index in [9.17, 15) is 0 Å². The smallest absolute Gasteiger partial charge is 0.0368 e. The maximum absolute atomic E-state index is 3.77. The Morgan fingerprint density at radius 1 is 1.15 bits per heavy atom. The Morgan fingerprint density at radius 2 is 1.80 bits per heavy atom. The van der Waals surface area contributed by atoms with Gasteiger partial charge in [0.05, 0.1) is 0 Å². The highest BCUT2D eigenvalue weighted by atomic mass is 15.2. The van der Waals surface area contributed by atoms with Crippen molar-refractivity contribution in [2.45, 2.75) is 38.6 Å². The quantitative estimate of drug-likeness (QED) is 0.911. The highest BCUT2D eigenvalue weighted by molar-refractivity contribution is 5.56. The summed E-state index contributed by atoms with van der Waals surface area (Å²) in [5, 5.41) is 3.77. The molecule has 1 N–H and O–H groups in total. The lowest BCUT2D eigenvalue weighted by Crippen LogP contribution is -2.50. The lowest BCUT2D eigenvalue weighted by Gasteiger charge is -2.36. The first-order valence-electron chi connectivity index (χ1n) is 7.87. The second-order valence-electron chi connectivity index (χ2n) is 6.10. The molecule has 1 aliphatic heterocycles. The summed E-state index contributed by atoms with van der Waals surface area (Å²) in [6.07, 6.45) is 3.60. The van der Waals surface area contributed by atoms with Crippen molar-refractivity contribution >= 4 is 11.4 Å². The molecule has 0 aliphatic carbocycles. The molecule has 1 heterocycles. The molecule has 1 saturated heterocycles.